The molecule has 0 radical (unpaired) electrons. The first kappa shape index (κ1) is 20.6. The highest BCUT2D eigenvalue weighted by atomic mass is 16.7. The number of hydrogen-bond donors (Lipinski definition) is 1. The lowest BCUT2D eigenvalue weighted by Gasteiger charge is -2.37. The van der Waals surface area contributed by atoms with Gasteiger partial charge < -0.3 is 14.8 Å². The molecule has 3 aromatic rings. The fourth-order valence-corrected chi connectivity index (χ4v) is 4.70. The Bertz CT molecular complexity index is 1060. The number of benzene rings is 3. The topological polar surface area (TPSA) is 50.8 Å². The van der Waals surface area contributed by atoms with Gasteiger partial charge in [-0.25, -0.2) is 0 Å². The number of hydrogen-bond acceptors (Lipinski definition) is 4. The van der Waals surface area contributed by atoms with Gasteiger partial charge in [-0.2, -0.15) is 0 Å². The van der Waals surface area contributed by atoms with Crippen molar-refractivity contribution >= 4 is 5.91 Å². The van der Waals surface area contributed by atoms with Gasteiger partial charge >= 0.3 is 0 Å². The Labute approximate surface area is 189 Å². The van der Waals surface area contributed by atoms with Gasteiger partial charge in [0.15, 0.2) is 11.5 Å². The number of amides is 1. The second-order valence-corrected chi connectivity index (χ2v) is 8.63. The second-order valence-electron chi connectivity index (χ2n) is 8.63. The number of nitrogens with zero attached hydrogens (tertiary/aromatic N) is 1. The van der Waals surface area contributed by atoms with Gasteiger partial charge in [-0.1, -0.05) is 66.7 Å². The molecule has 1 fully saturated rings. The van der Waals surface area contributed by atoms with Crippen LogP contribution in [0.1, 0.15) is 29.0 Å². The number of rotatable bonds is 6. The minimum absolute atomic E-state index is 0.0494. The van der Waals surface area contributed by atoms with Gasteiger partial charge in [-0.05, 0) is 41.2 Å². The first-order valence-electron chi connectivity index (χ1n) is 11.2. The number of nitrogens with one attached hydrogen (secondary N) is 1. The van der Waals surface area contributed by atoms with E-state index in [1.54, 1.807) is 0 Å². The van der Waals surface area contributed by atoms with Crippen LogP contribution in [0.15, 0.2) is 78.9 Å². The number of likely N-dealkylation sites (tertiary alicyclic amines) is 1. The predicted molar refractivity (Wildman–Crippen MR) is 123 cm³/mol. The first-order valence-corrected chi connectivity index (χ1v) is 11.2. The standard InChI is InChI=1S/C27H28N2O3/c30-27(28-15-21-11-12-25-26(13-21)32-19-31-25)24-14-23(22-9-5-2-6-10-22)17-29(18-24)16-20-7-3-1-4-8-20/h1-13,23-24H,14-19H2,(H,28,30)/t23-,24-/m1/s1. The van der Waals surface area contributed by atoms with Crippen molar-refractivity contribution < 1.29 is 14.3 Å². The number of carbonyl (C=O) groups is 1. The van der Waals surface area contributed by atoms with Crippen LogP contribution in [0.4, 0.5) is 0 Å². The van der Waals surface area contributed by atoms with Gasteiger partial charge in [0.05, 0.1) is 5.92 Å². The highest BCUT2D eigenvalue weighted by molar-refractivity contribution is 5.79. The highest BCUT2D eigenvalue weighted by Crippen LogP contribution is 2.33. The molecular weight excluding hydrogens is 400 g/mol. The van der Waals surface area contributed by atoms with Crippen LogP contribution in [0.5, 0.6) is 11.5 Å². The molecule has 164 valence electrons. The normalized spacial score (nSPS) is 20.1. The lowest BCUT2D eigenvalue weighted by Crippen LogP contribution is -2.45. The molecule has 5 rings (SSSR count). The fourth-order valence-electron chi connectivity index (χ4n) is 4.70. The van der Waals surface area contributed by atoms with Crippen molar-refractivity contribution in [2.45, 2.75) is 25.4 Å². The molecule has 0 aliphatic carbocycles. The van der Waals surface area contributed by atoms with Gasteiger partial charge in [-0.15, -0.1) is 0 Å². The average molecular weight is 429 g/mol. The Morgan fingerprint density at radius 2 is 1.62 bits per heavy atom. The van der Waals surface area contributed by atoms with E-state index in [1.807, 2.05) is 30.3 Å². The Hall–Kier alpha value is -3.31. The fraction of sp³-hybridized carbons (Fsp3) is 0.296. The summed E-state index contributed by atoms with van der Waals surface area (Å²) in [7, 11) is 0. The van der Waals surface area contributed by atoms with Gasteiger partial charge in [-0.3, -0.25) is 9.69 Å². The van der Waals surface area contributed by atoms with Gasteiger partial charge in [0.2, 0.25) is 12.7 Å². The Balaban J connectivity index is 1.27. The molecule has 2 atom stereocenters. The van der Waals surface area contributed by atoms with E-state index in [9.17, 15) is 4.79 Å². The summed E-state index contributed by atoms with van der Waals surface area (Å²) in [5, 5.41) is 3.15. The van der Waals surface area contributed by atoms with E-state index in [0.29, 0.717) is 12.5 Å². The van der Waals surface area contributed by atoms with Crippen molar-refractivity contribution in [3.63, 3.8) is 0 Å². The maximum absolute atomic E-state index is 13.2. The lowest BCUT2D eigenvalue weighted by molar-refractivity contribution is -0.127. The third-order valence-corrected chi connectivity index (χ3v) is 6.32. The Morgan fingerprint density at radius 1 is 0.875 bits per heavy atom. The van der Waals surface area contributed by atoms with Gasteiger partial charge in [0.25, 0.3) is 0 Å². The third kappa shape index (κ3) is 4.78. The van der Waals surface area contributed by atoms with Crippen LogP contribution in [-0.2, 0) is 17.9 Å². The van der Waals surface area contributed by atoms with Gasteiger partial charge in [0.1, 0.15) is 0 Å². The molecule has 5 nitrogen and oxygen atoms in total. The van der Waals surface area contributed by atoms with E-state index in [0.717, 1.165) is 43.1 Å². The molecule has 5 heteroatoms. The predicted octanol–water partition coefficient (Wildman–Crippen LogP) is 4.34. The number of fused-ring (bicyclic) bond motifs is 1. The van der Waals surface area contributed by atoms with E-state index in [1.165, 1.54) is 11.1 Å². The molecule has 3 aromatic carbocycles. The van der Waals surface area contributed by atoms with Gasteiger partial charge in [0, 0.05) is 26.2 Å². The zero-order valence-electron chi connectivity index (χ0n) is 18.1. The molecule has 1 saturated heterocycles. The maximum atomic E-state index is 13.2. The average Bonchev–Trinajstić information content (AvgIpc) is 3.31. The van der Waals surface area contributed by atoms with E-state index in [-0.39, 0.29) is 18.6 Å². The summed E-state index contributed by atoms with van der Waals surface area (Å²) < 4.78 is 10.8. The van der Waals surface area contributed by atoms with E-state index >= 15 is 0 Å². The van der Waals surface area contributed by atoms with E-state index in [2.05, 4.69) is 58.7 Å². The molecule has 2 aliphatic heterocycles. The van der Waals surface area contributed by atoms with E-state index < -0.39 is 0 Å². The van der Waals surface area contributed by atoms with Crippen molar-refractivity contribution in [3.05, 3.63) is 95.6 Å². The summed E-state index contributed by atoms with van der Waals surface area (Å²) >= 11 is 0. The zero-order chi connectivity index (χ0) is 21.8. The summed E-state index contributed by atoms with van der Waals surface area (Å²) in [6.07, 6.45) is 0.863. The SMILES string of the molecule is O=C(NCc1ccc2c(c1)OCO2)[C@@H]1C[C@@H](c2ccccc2)CN(Cc2ccccc2)C1. The van der Waals surface area contributed by atoms with Crippen LogP contribution in [0.25, 0.3) is 0 Å². The quantitative estimate of drug-likeness (QED) is 0.635. The third-order valence-electron chi connectivity index (χ3n) is 6.32. The van der Waals surface area contributed by atoms with Crippen LogP contribution in [0.3, 0.4) is 0 Å². The molecule has 0 aromatic heterocycles. The van der Waals surface area contributed by atoms with Crippen molar-refractivity contribution in [1.82, 2.24) is 10.2 Å². The molecule has 2 heterocycles. The first-order chi connectivity index (χ1) is 15.7. The Morgan fingerprint density at radius 3 is 2.44 bits per heavy atom. The van der Waals surface area contributed by atoms with Crippen LogP contribution in [0.2, 0.25) is 0 Å². The largest absolute Gasteiger partial charge is 0.454 e. The lowest BCUT2D eigenvalue weighted by atomic mass is 9.84. The van der Waals surface area contributed by atoms with Crippen molar-refractivity contribution in [3.8, 4) is 11.5 Å². The number of ether oxygens (including phenoxy) is 2. The summed E-state index contributed by atoms with van der Waals surface area (Å²) in [4.78, 5) is 15.6. The summed E-state index contributed by atoms with van der Waals surface area (Å²) in [5.74, 6) is 1.91. The Kier molecular flexibility index (Phi) is 6.08. The smallest absolute Gasteiger partial charge is 0.231 e. The minimum Gasteiger partial charge on any atom is -0.454 e. The van der Waals surface area contributed by atoms with Crippen LogP contribution in [-0.4, -0.2) is 30.7 Å². The monoisotopic (exact) mass is 428 g/mol. The highest BCUT2D eigenvalue weighted by Gasteiger charge is 2.32. The van der Waals surface area contributed by atoms with Crippen LogP contribution in [0, 0.1) is 5.92 Å². The molecule has 1 amide bonds. The maximum Gasteiger partial charge on any atom is 0.231 e. The molecule has 0 spiro atoms. The van der Waals surface area contributed by atoms with Crippen LogP contribution < -0.4 is 14.8 Å². The molecule has 32 heavy (non-hydrogen) atoms. The zero-order valence-corrected chi connectivity index (χ0v) is 18.1. The summed E-state index contributed by atoms with van der Waals surface area (Å²) in [6.45, 7) is 3.33. The molecule has 0 bridgehead atoms. The molecule has 2 aliphatic rings. The van der Waals surface area contributed by atoms with Crippen LogP contribution >= 0.6 is 0 Å². The second kappa shape index (κ2) is 9.45. The van der Waals surface area contributed by atoms with Crippen molar-refractivity contribution in [1.29, 1.82) is 0 Å². The van der Waals surface area contributed by atoms with E-state index in [4.69, 9.17) is 9.47 Å². The molecular formula is C27H28N2O3. The number of piperidine rings is 1. The minimum atomic E-state index is -0.0494. The molecule has 0 saturated carbocycles. The van der Waals surface area contributed by atoms with Crippen molar-refractivity contribution in [2.75, 3.05) is 19.9 Å². The summed E-state index contributed by atoms with van der Waals surface area (Å²) in [5.41, 5.74) is 3.60. The molecule has 1 N–H and O–H groups in total. The summed E-state index contributed by atoms with van der Waals surface area (Å²) in [6, 6.07) is 26.9. The van der Waals surface area contributed by atoms with Crippen molar-refractivity contribution in [2.24, 2.45) is 5.92 Å². The molecule has 0 unspecified atom stereocenters. The number of carbonyl (C=O) groups excluding carboxylic acids is 1.